The Hall–Kier alpha value is -6.14. The lowest BCUT2D eigenvalue weighted by Gasteiger charge is -2.42. The zero-order valence-corrected chi connectivity index (χ0v) is 38.2. The second kappa shape index (κ2) is 11.9. The Labute approximate surface area is 364 Å². The predicted octanol–water partition coefficient (Wildman–Crippen LogP) is 12.5. The lowest BCUT2D eigenvalue weighted by molar-refractivity contribution is 0.590. The predicted molar refractivity (Wildman–Crippen MR) is 265 cm³/mol. The highest BCUT2D eigenvalue weighted by molar-refractivity contribution is 7.01. The van der Waals surface area contributed by atoms with Gasteiger partial charge in [-0.15, -0.1) is 0 Å². The van der Waals surface area contributed by atoms with Crippen LogP contribution in [0.4, 0.5) is 17.1 Å². The van der Waals surface area contributed by atoms with Gasteiger partial charge in [0.25, 0.3) is 6.71 Å². The molecule has 6 heteroatoms. The minimum atomic E-state index is -0.0757. The van der Waals surface area contributed by atoms with E-state index in [4.69, 9.17) is 9.97 Å². The van der Waals surface area contributed by atoms with Gasteiger partial charge in [0.1, 0.15) is 0 Å². The van der Waals surface area contributed by atoms with Crippen LogP contribution in [0, 0.1) is 0 Å². The van der Waals surface area contributed by atoms with Crippen molar-refractivity contribution in [2.45, 2.75) is 105 Å². The highest BCUT2D eigenvalue weighted by atomic mass is 15.2. The van der Waals surface area contributed by atoms with Crippen LogP contribution < -0.4 is 21.3 Å². The molecule has 62 heavy (non-hydrogen) atoms. The van der Waals surface area contributed by atoms with Gasteiger partial charge in [0.2, 0.25) is 0 Å². The highest BCUT2D eigenvalue weighted by Gasteiger charge is 2.46. The Bertz CT molecular complexity index is 3560. The summed E-state index contributed by atoms with van der Waals surface area (Å²) < 4.78 is 5.11. The standard InChI is InChI=1S/C56H54BN5/c1-53(2,3)31-17-21-35(22-18-31)60-41-24-20-33(55(7,8)9)29-38(41)57-39-30-34(56(10,11)12)28-37-36-27-32(54(4,5)6)19-23-40(36)62(49(37)39)52-45-48-43(16-14-26-59-48)61-42-15-13-25-58-47(42)44(50(45)61)51(60)46(52)57/h13-30H,1-12H3. The summed E-state index contributed by atoms with van der Waals surface area (Å²) in [5.41, 5.74) is 22.1. The van der Waals surface area contributed by atoms with Gasteiger partial charge in [-0.3, -0.25) is 9.97 Å². The third-order valence-electron chi connectivity index (χ3n) is 14.3. The molecule has 5 aromatic heterocycles. The second-order valence-electron chi connectivity index (χ2n) is 22.4. The van der Waals surface area contributed by atoms with Gasteiger partial charge >= 0.3 is 0 Å². The molecular weight excluding hydrogens is 753 g/mol. The fourth-order valence-corrected chi connectivity index (χ4v) is 11.0. The molecule has 0 saturated heterocycles. The molecule has 0 N–H and O–H groups in total. The van der Waals surface area contributed by atoms with Crippen LogP contribution in [0.1, 0.15) is 105 Å². The van der Waals surface area contributed by atoms with Gasteiger partial charge in [0.15, 0.2) is 0 Å². The molecule has 0 unspecified atom stereocenters. The van der Waals surface area contributed by atoms with Crippen molar-refractivity contribution in [3.8, 4) is 5.69 Å². The molecule has 0 bridgehead atoms. The number of anilines is 3. The van der Waals surface area contributed by atoms with Crippen molar-refractivity contribution >= 4 is 100 Å². The van der Waals surface area contributed by atoms with Crippen molar-refractivity contribution < 1.29 is 0 Å². The minimum absolute atomic E-state index is 0.00777. The highest BCUT2D eigenvalue weighted by Crippen LogP contribution is 2.52. The van der Waals surface area contributed by atoms with Crippen LogP contribution in [0.5, 0.6) is 0 Å². The van der Waals surface area contributed by atoms with E-state index in [2.05, 4.69) is 194 Å². The molecule has 0 fully saturated rings. The number of aromatic nitrogens is 4. The van der Waals surface area contributed by atoms with Gasteiger partial charge in [-0.2, -0.15) is 0 Å². The lowest BCUT2D eigenvalue weighted by atomic mass is 9.33. The summed E-state index contributed by atoms with van der Waals surface area (Å²) in [6, 6.07) is 37.7. The number of nitrogens with zero attached hydrogens (tertiary/aromatic N) is 5. The molecule has 2 aliphatic heterocycles. The van der Waals surface area contributed by atoms with Crippen LogP contribution >= 0.6 is 0 Å². The molecule has 0 radical (unpaired) electrons. The zero-order chi connectivity index (χ0) is 43.2. The number of hydrogen-bond acceptors (Lipinski definition) is 3. The topological polar surface area (TPSA) is 38.4 Å². The van der Waals surface area contributed by atoms with Crippen molar-refractivity contribution in [2.24, 2.45) is 0 Å². The molecule has 2 aliphatic rings. The second-order valence-corrected chi connectivity index (χ2v) is 22.4. The van der Waals surface area contributed by atoms with E-state index in [-0.39, 0.29) is 28.4 Å². The minimum Gasteiger partial charge on any atom is -0.311 e. The first-order chi connectivity index (χ1) is 29.3. The Morgan fingerprint density at radius 1 is 0.468 bits per heavy atom. The molecule has 5 nitrogen and oxygen atoms in total. The summed E-state index contributed by atoms with van der Waals surface area (Å²) in [6.07, 6.45) is 3.94. The van der Waals surface area contributed by atoms with Crippen LogP contribution in [-0.2, 0) is 21.7 Å². The molecule has 10 aromatic rings. The fraction of sp³-hybridized carbons (Fsp3) is 0.286. The molecule has 0 spiro atoms. The lowest BCUT2D eigenvalue weighted by Crippen LogP contribution is -2.61. The Morgan fingerprint density at radius 3 is 1.61 bits per heavy atom. The van der Waals surface area contributed by atoms with Crippen LogP contribution in [0.15, 0.2) is 109 Å². The van der Waals surface area contributed by atoms with E-state index in [1.165, 1.54) is 93.8 Å². The van der Waals surface area contributed by atoms with Gasteiger partial charge in [0, 0.05) is 40.1 Å². The Kier molecular flexibility index (Phi) is 7.19. The third-order valence-corrected chi connectivity index (χ3v) is 14.3. The monoisotopic (exact) mass is 807 g/mol. The van der Waals surface area contributed by atoms with E-state index in [9.17, 15) is 0 Å². The SMILES string of the molecule is CC(C)(C)c1ccc(N2c3ccc(C(C)(C)C)cc3B3c4c2c2c5ncccc5n5c6cccnc6c(c4-n4c6ccc(C(C)(C)C)cc6c6cc(C(C)(C)C)cc3c64)c25)cc1. The maximum Gasteiger partial charge on any atom is 0.252 e. The summed E-state index contributed by atoms with van der Waals surface area (Å²) in [5.74, 6) is 0. The molecule has 0 saturated carbocycles. The zero-order valence-electron chi connectivity index (χ0n) is 38.2. The average molecular weight is 808 g/mol. The van der Waals surface area contributed by atoms with E-state index in [1.807, 2.05) is 12.4 Å². The number of rotatable bonds is 1. The molecule has 306 valence electrons. The molecule has 0 atom stereocenters. The fourth-order valence-electron chi connectivity index (χ4n) is 11.0. The molecule has 0 amide bonds. The summed E-state index contributed by atoms with van der Waals surface area (Å²) in [5, 5.41) is 5.00. The van der Waals surface area contributed by atoms with Gasteiger partial charge in [-0.05, 0) is 121 Å². The van der Waals surface area contributed by atoms with Crippen molar-refractivity contribution in [3.63, 3.8) is 0 Å². The van der Waals surface area contributed by atoms with Crippen LogP contribution in [-0.4, -0.2) is 25.6 Å². The summed E-state index contributed by atoms with van der Waals surface area (Å²) in [4.78, 5) is 13.2. The Balaban J connectivity index is 1.38. The largest absolute Gasteiger partial charge is 0.311 e. The van der Waals surface area contributed by atoms with E-state index in [0.717, 1.165) is 27.8 Å². The maximum atomic E-state index is 5.29. The smallest absolute Gasteiger partial charge is 0.252 e. The summed E-state index contributed by atoms with van der Waals surface area (Å²) in [7, 11) is 0. The van der Waals surface area contributed by atoms with E-state index in [0.29, 0.717) is 0 Å². The number of benzene rings is 5. The first-order valence-electron chi connectivity index (χ1n) is 22.5. The first kappa shape index (κ1) is 37.6. The number of hydrogen-bond donors (Lipinski definition) is 0. The van der Waals surface area contributed by atoms with Crippen LogP contribution in [0.25, 0.3) is 65.8 Å². The normalized spacial score (nSPS) is 14.4. The van der Waals surface area contributed by atoms with Gasteiger partial charge in [-0.1, -0.05) is 119 Å². The van der Waals surface area contributed by atoms with Crippen molar-refractivity contribution in [1.29, 1.82) is 0 Å². The molecule has 12 rings (SSSR count). The average Bonchev–Trinajstić information content (AvgIpc) is 3.86. The summed E-state index contributed by atoms with van der Waals surface area (Å²) >= 11 is 0. The van der Waals surface area contributed by atoms with Crippen molar-refractivity contribution in [2.75, 3.05) is 4.90 Å². The van der Waals surface area contributed by atoms with Crippen LogP contribution in [0.3, 0.4) is 0 Å². The molecule has 0 aliphatic carbocycles. The maximum absolute atomic E-state index is 5.29. The number of pyridine rings is 2. The third kappa shape index (κ3) is 4.87. The van der Waals surface area contributed by atoms with Crippen molar-refractivity contribution in [3.05, 3.63) is 132 Å². The van der Waals surface area contributed by atoms with E-state index < -0.39 is 0 Å². The van der Waals surface area contributed by atoms with Crippen LogP contribution in [0.2, 0.25) is 0 Å². The quantitative estimate of drug-likeness (QED) is 0.155. The molecule has 7 heterocycles. The molecular formula is C56H54BN5. The van der Waals surface area contributed by atoms with E-state index >= 15 is 0 Å². The van der Waals surface area contributed by atoms with Gasteiger partial charge in [-0.25, -0.2) is 0 Å². The first-order valence-corrected chi connectivity index (χ1v) is 22.5. The summed E-state index contributed by atoms with van der Waals surface area (Å²) in [6.45, 7) is 28.0. The number of fused-ring (bicyclic) bond motifs is 15. The molecule has 5 aromatic carbocycles. The van der Waals surface area contributed by atoms with Crippen molar-refractivity contribution in [1.82, 2.24) is 18.9 Å². The Morgan fingerprint density at radius 2 is 1.00 bits per heavy atom. The van der Waals surface area contributed by atoms with Gasteiger partial charge in [0.05, 0.1) is 55.2 Å². The van der Waals surface area contributed by atoms with E-state index in [1.54, 1.807) is 0 Å². The van der Waals surface area contributed by atoms with Gasteiger partial charge < -0.3 is 13.9 Å².